The number of hydrogen-bond acceptors (Lipinski definition) is 6. The number of unbranched alkanes of at least 4 members (excludes halogenated alkanes) is 38. The fourth-order valence-corrected chi connectivity index (χ4v) is 8.57. The first-order valence-corrected chi connectivity index (χ1v) is 27.9. The second kappa shape index (κ2) is 50.4. The molecule has 0 amide bonds. The van der Waals surface area contributed by atoms with Crippen LogP contribution in [0.5, 0.6) is 0 Å². The van der Waals surface area contributed by atoms with Gasteiger partial charge in [0, 0.05) is 19.3 Å². The Labute approximate surface area is 387 Å². The highest BCUT2D eigenvalue weighted by Gasteiger charge is 2.19. The second-order valence-electron chi connectivity index (χ2n) is 19.7. The zero-order chi connectivity index (χ0) is 45.2. The Morgan fingerprint density at radius 2 is 0.532 bits per heavy atom. The first kappa shape index (κ1) is 60.4. The summed E-state index contributed by atoms with van der Waals surface area (Å²) in [5.74, 6) is 0.0122. The highest BCUT2D eigenvalue weighted by molar-refractivity contribution is 5.71. The van der Waals surface area contributed by atoms with Gasteiger partial charge in [-0.05, 0) is 25.2 Å². The molecule has 0 aliphatic heterocycles. The molecule has 0 spiro atoms. The van der Waals surface area contributed by atoms with Crippen LogP contribution >= 0.6 is 0 Å². The zero-order valence-electron chi connectivity index (χ0n) is 42.3. The van der Waals surface area contributed by atoms with Gasteiger partial charge < -0.3 is 14.2 Å². The van der Waals surface area contributed by atoms with Gasteiger partial charge in [-0.15, -0.1) is 0 Å². The van der Waals surface area contributed by atoms with Gasteiger partial charge >= 0.3 is 17.9 Å². The van der Waals surface area contributed by atoms with Gasteiger partial charge in [-0.25, -0.2) is 0 Å². The van der Waals surface area contributed by atoms with Crippen LogP contribution in [0.1, 0.15) is 317 Å². The largest absolute Gasteiger partial charge is 0.462 e. The topological polar surface area (TPSA) is 78.9 Å². The molecule has 0 fully saturated rings. The van der Waals surface area contributed by atoms with Crippen LogP contribution in [-0.4, -0.2) is 37.2 Å². The van der Waals surface area contributed by atoms with E-state index in [1.165, 1.54) is 212 Å². The lowest BCUT2D eigenvalue weighted by molar-refractivity contribution is -0.167. The van der Waals surface area contributed by atoms with E-state index in [1.54, 1.807) is 0 Å². The molecule has 6 heteroatoms. The smallest absolute Gasteiger partial charge is 0.306 e. The lowest BCUT2D eigenvalue weighted by Gasteiger charge is -2.18. The minimum Gasteiger partial charge on any atom is -0.462 e. The molecule has 62 heavy (non-hydrogen) atoms. The van der Waals surface area contributed by atoms with Crippen molar-refractivity contribution in [1.29, 1.82) is 0 Å². The molecule has 0 aromatic heterocycles. The van der Waals surface area contributed by atoms with Gasteiger partial charge in [0.05, 0.1) is 0 Å². The van der Waals surface area contributed by atoms with Gasteiger partial charge in [0.2, 0.25) is 0 Å². The molecule has 0 aliphatic carbocycles. The van der Waals surface area contributed by atoms with E-state index in [2.05, 4.69) is 27.7 Å². The molecule has 0 rings (SSSR count). The Bertz CT molecular complexity index is 933. The Kier molecular flexibility index (Phi) is 49.1. The maximum atomic E-state index is 12.8. The van der Waals surface area contributed by atoms with Crippen molar-refractivity contribution in [3.8, 4) is 0 Å². The fourth-order valence-electron chi connectivity index (χ4n) is 8.57. The summed E-state index contributed by atoms with van der Waals surface area (Å²) in [7, 11) is 0. The number of ether oxygens (including phenoxy) is 3. The molecule has 0 saturated carbocycles. The maximum Gasteiger partial charge on any atom is 0.306 e. The van der Waals surface area contributed by atoms with Crippen LogP contribution < -0.4 is 0 Å². The van der Waals surface area contributed by atoms with Crippen LogP contribution in [0.15, 0.2) is 0 Å². The molecule has 0 heterocycles. The summed E-state index contributed by atoms with van der Waals surface area (Å²) in [4.78, 5) is 38.0. The number of esters is 3. The van der Waals surface area contributed by atoms with Crippen LogP contribution in [0.25, 0.3) is 0 Å². The van der Waals surface area contributed by atoms with Crippen molar-refractivity contribution >= 4 is 17.9 Å². The van der Waals surface area contributed by atoms with Crippen LogP contribution in [0.3, 0.4) is 0 Å². The minimum absolute atomic E-state index is 0.0621. The van der Waals surface area contributed by atoms with E-state index in [-0.39, 0.29) is 31.1 Å². The van der Waals surface area contributed by atoms with Gasteiger partial charge in [0.1, 0.15) is 13.2 Å². The predicted octanol–water partition coefficient (Wildman–Crippen LogP) is 18.2. The van der Waals surface area contributed by atoms with Gasteiger partial charge in [0.25, 0.3) is 0 Å². The summed E-state index contributed by atoms with van der Waals surface area (Å²) in [6, 6.07) is 0. The van der Waals surface area contributed by atoms with E-state index in [1.807, 2.05) is 0 Å². The van der Waals surface area contributed by atoms with Gasteiger partial charge in [-0.2, -0.15) is 0 Å². The third-order valence-corrected chi connectivity index (χ3v) is 12.8. The summed E-state index contributed by atoms with van der Waals surface area (Å²) in [6.07, 6.45) is 53.8. The third-order valence-electron chi connectivity index (χ3n) is 12.8. The lowest BCUT2D eigenvalue weighted by Crippen LogP contribution is -2.30. The van der Waals surface area contributed by atoms with Crippen molar-refractivity contribution in [2.45, 2.75) is 323 Å². The molecule has 0 saturated heterocycles. The molecule has 0 aromatic rings. The van der Waals surface area contributed by atoms with E-state index >= 15 is 0 Å². The summed E-state index contributed by atoms with van der Waals surface area (Å²) in [6.45, 7) is 9.05. The number of rotatable bonds is 51. The van der Waals surface area contributed by atoms with Gasteiger partial charge in [-0.3, -0.25) is 14.4 Å². The van der Waals surface area contributed by atoms with Gasteiger partial charge in [0.15, 0.2) is 6.10 Å². The molecule has 1 atom stereocenters. The highest BCUT2D eigenvalue weighted by Crippen LogP contribution is 2.18. The predicted molar refractivity (Wildman–Crippen MR) is 266 cm³/mol. The Hall–Kier alpha value is -1.59. The van der Waals surface area contributed by atoms with Crippen LogP contribution in [0.4, 0.5) is 0 Å². The molecule has 6 nitrogen and oxygen atoms in total. The minimum atomic E-state index is -0.760. The van der Waals surface area contributed by atoms with Crippen molar-refractivity contribution in [1.82, 2.24) is 0 Å². The summed E-state index contributed by atoms with van der Waals surface area (Å²) < 4.78 is 16.8. The molecule has 368 valence electrons. The van der Waals surface area contributed by atoms with E-state index < -0.39 is 6.10 Å². The molecule has 0 aliphatic rings. The SMILES string of the molecule is CCCCCCCCCCCCCCCCCC(=O)OC[C@H](COC(=O)CCCCCCCCCCCC)OC(=O)CCCCCCCCCCCCCCCCCCC(C)C. The Balaban J connectivity index is 4.24. The zero-order valence-corrected chi connectivity index (χ0v) is 42.3. The summed E-state index contributed by atoms with van der Waals surface area (Å²) >= 11 is 0. The third kappa shape index (κ3) is 49.4. The van der Waals surface area contributed by atoms with E-state index in [0.717, 1.165) is 63.7 Å². The summed E-state index contributed by atoms with van der Waals surface area (Å²) in [5.41, 5.74) is 0. The standard InChI is InChI=1S/C56H108O6/c1-5-7-9-11-13-15-17-18-21-25-28-32-36-40-44-48-55(58)61-51-53(50-60-54(57)47-43-39-35-31-16-14-12-10-8-6-2)62-56(59)49-45-41-37-33-29-26-23-20-19-22-24-27-30-34-38-42-46-52(3)4/h52-53H,5-51H2,1-4H3/t53-/m0/s1. The Morgan fingerprint density at radius 3 is 0.790 bits per heavy atom. The number of carbonyl (C=O) groups is 3. The van der Waals surface area contributed by atoms with Crippen molar-refractivity contribution in [3.05, 3.63) is 0 Å². The summed E-state index contributed by atoms with van der Waals surface area (Å²) in [5, 5.41) is 0. The maximum absolute atomic E-state index is 12.8. The average molecular weight is 877 g/mol. The molecular weight excluding hydrogens is 769 g/mol. The Morgan fingerprint density at radius 1 is 0.306 bits per heavy atom. The van der Waals surface area contributed by atoms with Crippen LogP contribution in [0, 0.1) is 5.92 Å². The molecule has 0 bridgehead atoms. The highest BCUT2D eigenvalue weighted by atomic mass is 16.6. The monoisotopic (exact) mass is 877 g/mol. The van der Waals surface area contributed by atoms with E-state index in [4.69, 9.17) is 14.2 Å². The molecule has 0 radical (unpaired) electrons. The normalized spacial score (nSPS) is 12.0. The van der Waals surface area contributed by atoms with Crippen LogP contribution in [-0.2, 0) is 28.6 Å². The second-order valence-corrected chi connectivity index (χ2v) is 19.7. The molecule has 0 aromatic carbocycles. The molecule has 0 N–H and O–H groups in total. The van der Waals surface area contributed by atoms with Crippen molar-refractivity contribution < 1.29 is 28.6 Å². The van der Waals surface area contributed by atoms with Crippen molar-refractivity contribution in [3.63, 3.8) is 0 Å². The quantitative estimate of drug-likeness (QED) is 0.0344. The first-order chi connectivity index (χ1) is 30.4. The molecule has 0 unspecified atom stereocenters. The number of carbonyl (C=O) groups excluding carboxylic acids is 3. The first-order valence-electron chi connectivity index (χ1n) is 27.9. The average Bonchev–Trinajstić information content (AvgIpc) is 3.26. The number of hydrogen-bond donors (Lipinski definition) is 0. The fraction of sp³-hybridized carbons (Fsp3) is 0.946. The van der Waals surface area contributed by atoms with Gasteiger partial charge in [-0.1, -0.05) is 278 Å². The van der Waals surface area contributed by atoms with E-state index in [0.29, 0.717) is 19.3 Å². The molecular formula is C56H108O6. The van der Waals surface area contributed by atoms with E-state index in [9.17, 15) is 14.4 Å². The van der Waals surface area contributed by atoms with Crippen LogP contribution in [0.2, 0.25) is 0 Å². The van der Waals surface area contributed by atoms with Crippen molar-refractivity contribution in [2.75, 3.05) is 13.2 Å². The van der Waals surface area contributed by atoms with Crippen molar-refractivity contribution in [2.24, 2.45) is 5.92 Å². The lowest BCUT2D eigenvalue weighted by atomic mass is 10.0.